The van der Waals surface area contributed by atoms with Gasteiger partial charge in [-0.3, -0.25) is 0 Å². The van der Waals surface area contributed by atoms with Crippen LogP contribution < -0.4 is 5.32 Å². The smallest absolute Gasteiger partial charge is 0.0572 e. The predicted octanol–water partition coefficient (Wildman–Crippen LogP) is 4.44. The van der Waals surface area contributed by atoms with Gasteiger partial charge >= 0.3 is 0 Å². The number of methoxy groups -OCH3 is 1. The van der Waals surface area contributed by atoms with E-state index in [1.54, 1.807) is 0 Å². The maximum absolute atomic E-state index is 5.41. The summed E-state index contributed by atoms with van der Waals surface area (Å²) in [5, 5.41) is 3.66. The van der Waals surface area contributed by atoms with E-state index in [4.69, 9.17) is 4.74 Å². The van der Waals surface area contributed by atoms with Gasteiger partial charge in [-0.05, 0) is 62.8 Å². The fourth-order valence-electron chi connectivity index (χ4n) is 2.71. The van der Waals surface area contributed by atoms with E-state index in [0.29, 0.717) is 12.1 Å². The molecule has 0 atom stereocenters. The Balaban J connectivity index is 1.98. The zero-order valence-corrected chi connectivity index (χ0v) is 13.0. The second-order valence-corrected chi connectivity index (χ2v) is 6.07. The fourth-order valence-corrected chi connectivity index (χ4v) is 2.94. The Morgan fingerprint density at radius 2 is 1.67 bits per heavy atom. The highest BCUT2D eigenvalue weighted by molar-refractivity contribution is 9.10. The van der Waals surface area contributed by atoms with Crippen molar-refractivity contribution in [3.05, 3.63) is 27.7 Å². The fraction of sp³-hybridized carbons (Fsp3) is 0.600. The maximum atomic E-state index is 5.41. The number of aryl methyl sites for hydroxylation is 2. The lowest BCUT2D eigenvalue weighted by atomic mass is 9.92. The first-order valence-electron chi connectivity index (χ1n) is 6.66. The Labute approximate surface area is 118 Å². The first-order chi connectivity index (χ1) is 8.60. The van der Waals surface area contributed by atoms with Gasteiger partial charge in [-0.25, -0.2) is 0 Å². The molecule has 1 saturated carbocycles. The molecule has 0 aromatic heterocycles. The van der Waals surface area contributed by atoms with Gasteiger partial charge in [0.25, 0.3) is 0 Å². The van der Waals surface area contributed by atoms with Crippen LogP contribution in [-0.2, 0) is 4.74 Å². The number of nitrogens with one attached hydrogen (secondary N) is 1. The number of benzene rings is 1. The SMILES string of the molecule is COC1CCC(Nc2cc(C)c(Br)c(C)c2)CC1. The molecule has 18 heavy (non-hydrogen) atoms. The lowest BCUT2D eigenvalue weighted by molar-refractivity contribution is 0.0682. The van der Waals surface area contributed by atoms with Crippen LogP contribution in [0, 0.1) is 13.8 Å². The molecule has 0 bridgehead atoms. The van der Waals surface area contributed by atoms with Crippen molar-refractivity contribution in [2.75, 3.05) is 12.4 Å². The van der Waals surface area contributed by atoms with E-state index in [-0.39, 0.29) is 0 Å². The molecule has 0 radical (unpaired) electrons. The third-order valence-corrected chi connectivity index (χ3v) is 5.07. The van der Waals surface area contributed by atoms with E-state index in [2.05, 4.69) is 47.2 Å². The number of rotatable bonds is 3. The summed E-state index contributed by atoms with van der Waals surface area (Å²) in [4.78, 5) is 0. The van der Waals surface area contributed by atoms with E-state index in [0.717, 1.165) is 0 Å². The van der Waals surface area contributed by atoms with Crippen molar-refractivity contribution in [3.63, 3.8) is 0 Å². The van der Waals surface area contributed by atoms with Crippen molar-refractivity contribution in [2.45, 2.75) is 51.7 Å². The highest BCUT2D eigenvalue weighted by atomic mass is 79.9. The average molecular weight is 312 g/mol. The molecule has 2 rings (SSSR count). The molecule has 0 amide bonds. The molecular weight excluding hydrogens is 290 g/mol. The van der Waals surface area contributed by atoms with Gasteiger partial charge in [-0.15, -0.1) is 0 Å². The van der Waals surface area contributed by atoms with Gasteiger partial charge in [-0.2, -0.15) is 0 Å². The standard InChI is InChI=1S/C15H22BrNO/c1-10-8-13(9-11(2)15(10)16)17-12-4-6-14(18-3)7-5-12/h8-9,12,14,17H,4-7H2,1-3H3. The number of anilines is 1. The lowest BCUT2D eigenvalue weighted by Crippen LogP contribution is -2.29. The molecular formula is C15H22BrNO. The average Bonchev–Trinajstić information content (AvgIpc) is 2.37. The maximum Gasteiger partial charge on any atom is 0.0572 e. The Morgan fingerprint density at radius 1 is 1.11 bits per heavy atom. The summed E-state index contributed by atoms with van der Waals surface area (Å²) < 4.78 is 6.63. The van der Waals surface area contributed by atoms with Crippen LogP contribution in [0.4, 0.5) is 5.69 Å². The minimum atomic E-state index is 0.469. The summed E-state index contributed by atoms with van der Waals surface area (Å²) in [5.74, 6) is 0. The number of hydrogen-bond acceptors (Lipinski definition) is 2. The largest absolute Gasteiger partial charge is 0.382 e. The van der Waals surface area contributed by atoms with Crippen LogP contribution in [0.2, 0.25) is 0 Å². The van der Waals surface area contributed by atoms with E-state index >= 15 is 0 Å². The van der Waals surface area contributed by atoms with E-state index < -0.39 is 0 Å². The highest BCUT2D eigenvalue weighted by Gasteiger charge is 2.20. The van der Waals surface area contributed by atoms with Gasteiger partial charge in [-0.1, -0.05) is 15.9 Å². The zero-order chi connectivity index (χ0) is 13.1. The molecule has 1 aromatic rings. The summed E-state index contributed by atoms with van der Waals surface area (Å²) in [6.45, 7) is 4.29. The van der Waals surface area contributed by atoms with Gasteiger partial charge in [0.05, 0.1) is 6.10 Å². The van der Waals surface area contributed by atoms with Crippen LogP contribution in [0.1, 0.15) is 36.8 Å². The van der Waals surface area contributed by atoms with E-state index in [1.807, 2.05) is 7.11 Å². The normalized spacial score (nSPS) is 24.0. The lowest BCUT2D eigenvalue weighted by Gasteiger charge is -2.29. The molecule has 0 saturated heterocycles. The van der Waals surface area contributed by atoms with Crippen molar-refractivity contribution >= 4 is 21.6 Å². The minimum absolute atomic E-state index is 0.469. The topological polar surface area (TPSA) is 21.3 Å². The number of halogens is 1. The monoisotopic (exact) mass is 311 g/mol. The highest BCUT2D eigenvalue weighted by Crippen LogP contribution is 2.28. The molecule has 1 aliphatic rings. The summed E-state index contributed by atoms with van der Waals surface area (Å²) in [5.41, 5.74) is 3.83. The van der Waals surface area contributed by atoms with Crippen LogP contribution in [0.5, 0.6) is 0 Å². The van der Waals surface area contributed by atoms with E-state index in [1.165, 1.54) is 47.0 Å². The molecule has 1 aromatic carbocycles. The van der Waals surface area contributed by atoms with Crippen LogP contribution in [-0.4, -0.2) is 19.3 Å². The van der Waals surface area contributed by atoms with Crippen molar-refractivity contribution in [1.29, 1.82) is 0 Å². The first kappa shape index (κ1) is 13.9. The summed E-state index contributed by atoms with van der Waals surface area (Å²) in [7, 11) is 1.82. The molecule has 3 heteroatoms. The zero-order valence-electron chi connectivity index (χ0n) is 11.4. The second-order valence-electron chi connectivity index (χ2n) is 5.28. The number of ether oxygens (including phenoxy) is 1. The van der Waals surface area contributed by atoms with Crippen molar-refractivity contribution in [3.8, 4) is 0 Å². The summed E-state index contributed by atoms with van der Waals surface area (Å²) in [6, 6.07) is 5.04. The van der Waals surface area contributed by atoms with Gasteiger partial charge in [0.2, 0.25) is 0 Å². The Bertz CT molecular complexity index is 388. The molecule has 0 aliphatic heterocycles. The van der Waals surface area contributed by atoms with Gasteiger partial charge in [0.15, 0.2) is 0 Å². The van der Waals surface area contributed by atoms with Gasteiger partial charge in [0.1, 0.15) is 0 Å². The summed E-state index contributed by atoms with van der Waals surface area (Å²) >= 11 is 3.61. The van der Waals surface area contributed by atoms with Gasteiger partial charge in [0, 0.05) is 23.3 Å². The van der Waals surface area contributed by atoms with Crippen LogP contribution in [0.3, 0.4) is 0 Å². The van der Waals surface area contributed by atoms with Crippen LogP contribution >= 0.6 is 15.9 Å². The second kappa shape index (κ2) is 6.07. The molecule has 0 heterocycles. The first-order valence-corrected chi connectivity index (χ1v) is 7.45. The third-order valence-electron chi connectivity index (χ3n) is 3.81. The molecule has 2 nitrogen and oxygen atoms in total. The van der Waals surface area contributed by atoms with Crippen LogP contribution in [0.15, 0.2) is 16.6 Å². The molecule has 0 unspecified atom stereocenters. The Kier molecular flexibility index (Phi) is 4.68. The predicted molar refractivity (Wildman–Crippen MR) is 80.3 cm³/mol. The minimum Gasteiger partial charge on any atom is -0.382 e. The molecule has 0 spiro atoms. The summed E-state index contributed by atoms with van der Waals surface area (Å²) in [6.07, 6.45) is 5.21. The molecule has 1 fully saturated rings. The van der Waals surface area contributed by atoms with Crippen LogP contribution in [0.25, 0.3) is 0 Å². The number of hydrogen-bond donors (Lipinski definition) is 1. The third kappa shape index (κ3) is 3.27. The van der Waals surface area contributed by atoms with Gasteiger partial charge < -0.3 is 10.1 Å². The van der Waals surface area contributed by atoms with E-state index in [9.17, 15) is 0 Å². The van der Waals surface area contributed by atoms with Crippen molar-refractivity contribution in [2.24, 2.45) is 0 Å². The Morgan fingerprint density at radius 3 is 2.17 bits per heavy atom. The molecule has 1 N–H and O–H groups in total. The molecule has 1 aliphatic carbocycles. The Hall–Kier alpha value is -0.540. The van der Waals surface area contributed by atoms with Crippen molar-refractivity contribution in [1.82, 2.24) is 0 Å². The molecule has 100 valence electrons. The van der Waals surface area contributed by atoms with Crippen molar-refractivity contribution < 1.29 is 4.74 Å². The quantitative estimate of drug-likeness (QED) is 0.891.